The van der Waals surface area contributed by atoms with Crippen LogP contribution in [0.2, 0.25) is 0 Å². The van der Waals surface area contributed by atoms with E-state index in [2.05, 4.69) is 6.92 Å². The molecule has 0 amide bonds. The summed E-state index contributed by atoms with van der Waals surface area (Å²) >= 11 is 0. The van der Waals surface area contributed by atoms with Gasteiger partial charge in [0.25, 0.3) is 0 Å². The molecule has 2 unspecified atom stereocenters. The van der Waals surface area contributed by atoms with Gasteiger partial charge in [-0.2, -0.15) is 0 Å². The summed E-state index contributed by atoms with van der Waals surface area (Å²) in [5, 5.41) is 0. The maximum absolute atomic E-state index is 10.6. The normalized spacial score (nSPS) is 35.5. The van der Waals surface area contributed by atoms with E-state index in [4.69, 9.17) is 9.47 Å². The van der Waals surface area contributed by atoms with E-state index in [1.54, 1.807) is 6.92 Å². The highest BCUT2D eigenvalue weighted by molar-refractivity contribution is 5.72. The summed E-state index contributed by atoms with van der Waals surface area (Å²) in [6.07, 6.45) is 3.56. The van der Waals surface area contributed by atoms with Crippen LogP contribution < -0.4 is 0 Å². The molecule has 0 N–H and O–H groups in total. The lowest BCUT2D eigenvalue weighted by atomic mass is 9.95. The van der Waals surface area contributed by atoms with Gasteiger partial charge in [-0.05, 0) is 45.8 Å². The van der Waals surface area contributed by atoms with E-state index in [0.717, 1.165) is 12.7 Å². The average molecular weight is 212 g/mol. The molecule has 1 rings (SSSR count). The topological polar surface area (TPSA) is 35.5 Å². The predicted octanol–water partition coefficient (Wildman–Crippen LogP) is 2.45. The summed E-state index contributed by atoms with van der Waals surface area (Å²) in [6, 6.07) is 0. The highest BCUT2D eigenvalue weighted by atomic mass is 16.8. The predicted molar refractivity (Wildman–Crippen MR) is 58.6 cm³/mol. The number of carbonyl (C=O) groups excluding carboxylic acids is 1. The summed E-state index contributed by atoms with van der Waals surface area (Å²) in [7, 11) is 0. The van der Waals surface area contributed by atoms with Gasteiger partial charge in [-0.25, -0.2) is 0 Å². The molecule has 86 valence electrons. The van der Waals surface area contributed by atoms with Crippen LogP contribution in [0, 0.1) is 0 Å². The van der Waals surface area contributed by atoms with E-state index in [1.807, 2.05) is 26.8 Å². The van der Waals surface area contributed by atoms with Gasteiger partial charge in [0, 0.05) is 0 Å². The number of allylic oxidation sites excluding steroid dienone is 1. The van der Waals surface area contributed by atoms with Crippen LogP contribution in [0.15, 0.2) is 11.6 Å². The molecule has 1 aliphatic rings. The van der Waals surface area contributed by atoms with Gasteiger partial charge in [0.15, 0.2) is 5.79 Å². The van der Waals surface area contributed by atoms with Crippen molar-refractivity contribution in [2.75, 3.05) is 0 Å². The van der Waals surface area contributed by atoms with Crippen LogP contribution >= 0.6 is 0 Å². The molecule has 0 aromatic carbocycles. The van der Waals surface area contributed by atoms with Crippen molar-refractivity contribution in [3.8, 4) is 0 Å². The van der Waals surface area contributed by atoms with Gasteiger partial charge < -0.3 is 9.47 Å². The number of hydrogen-bond acceptors (Lipinski definition) is 3. The second-order valence-corrected chi connectivity index (χ2v) is 4.71. The Bertz CT molecular complexity index is 281. The molecule has 0 spiro atoms. The van der Waals surface area contributed by atoms with E-state index in [0.29, 0.717) is 5.57 Å². The number of rotatable bonds is 3. The highest BCUT2D eigenvalue weighted by Crippen LogP contribution is 2.39. The first kappa shape index (κ1) is 12.4. The summed E-state index contributed by atoms with van der Waals surface area (Å²) in [4.78, 5) is 10.6. The molecule has 1 fully saturated rings. The molecule has 0 aromatic heterocycles. The van der Waals surface area contributed by atoms with Crippen LogP contribution in [0.1, 0.15) is 41.0 Å². The molecular formula is C12H20O3. The van der Waals surface area contributed by atoms with Gasteiger partial charge in [-0.1, -0.05) is 6.92 Å². The Hall–Kier alpha value is -0.670. The Morgan fingerprint density at radius 3 is 2.47 bits per heavy atom. The first-order valence-corrected chi connectivity index (χ1v) is 5.35. The molecular weight excluding hydrogens is 192 g/mol. The van der Waals surface area contributed by atoms with Crippen LogP contribution in [-0.2, 0) is 14.3 Å². The van der Waals surface area contributed by atoms with Gasteiger partial charge in [-0.15, -0.1) is 0 Å². The van der Waals surface area contributed by atoms with Crippen molar-refractivity contribution in [3.05, 3.63) is 11.6 Å². The number of ether oxygens (including phenoxy) is 2. The van der Waals surface area contributed by atoms with Crippen molar-refractivity contribution < 1.29 is 14.3 Å². The molecule has 3 nitrogen and oxygen atoms in total. The third-order valence-electron chi connectivity index (χ3n) is 2.60. The molecule has 2 atom stereocenters. The van der Waals surface area contributed by atoms with Crippen molar-refractivity contribution in [2.45, 2.75) is 58.5 Å². The summed E-state index contributed by atoms with van der Waals surface area (Å²) in [5.74, 6) is -0.574. The Kier molecular flexibility index (Phi) is 3.36. The standard InChI is InChI=1S/C12H20O3/c1-6-10-12(5,7-9(2)8-13)15-11(3,4)14-10/h7-8,10H,6H2,1-5H3/b9-7+. The molecule has 0 radical (unpaired) electrons. The lowest BCUT2D eigenvalue weighted by molar-refractivity contribution is -0.153. The van der Waals surface area contributed by atoms with E-state index < -0.39 is 11.4 Å². The van der Waals surface area contributed by atoms with Crippen LogP contribution in [0.5, 0.6) is 0 Å². The maximum atomic E-state index is 10.6. The zero-order chi connectivity index (χ0) is 11.7. The SMILES string of the molecule is CCC1OC(C)(C)OC1(C)/C=C(\C)C=O. The van der Waals surface area contributed by atoms with Gasteiger partial charge in [0.1, 0.15) is 11.9 Å². The fourth-order valence-electron chi connectivity index (χ4n) is 2.18. The van der Waals surface area contributed by atoms with Gasteiger partial charge >= 0.3 is 0 Å². The van der Waals surface area contributed by atoms with Crippen molar-refractivity contribution in [1.82, 2.24) is 0 Å². The van der Waals surface area contributed by atoms with Crippen molar-refractivity contribution in [1.29, 1.82) is 0 Å². The van der Waals surface area contributed by atoms with Gasteiger partial charge in [0.05, 0.1) is 6.10 Å². The second-order valence-electron chi connectivity index (χ2n) is 4.71. The number of aldehydes is 1. The lowest BCUT2D eigenvalue weighted by Crippen LogP contribution is -2.34. The molecule has 0 aliphatic carbocycles. The Labute approximate surface area is 91.4 Å². The third-order valence-corrected chi connectivity index (χ3v) is 2.60. The minimum Gasteiger partial charge on any atom is -0.344 e. The summed E-state index contributed by atoms with van der Waals surface area (Å²) < 4.78 is 11.6. The fourth-order valence-corrected chi connectivity index (χ4v) is 2.18. The van der Waals surface area contributed by atoms with E-state index in [9.17, 15) is 4.79 Å². The zero-order valence-electron chi connectivity index (χ0n) is 10.2. The monoisotopic (exact) mass is 212 g/mol. The Morgan fingerprint density at radius 2 is 2.00 bits per heavy atom. The number of hydrogen-bond donors (Lipinski definition) is 0. The van der Waals surface area contributed by atoms with Gasteiger partial charge in [0.2, 0.25) is 0 Å². The van der Waals surface area contributed by atoms with Crippen LogP contribution in [-0.4, -0.2) is 23.8 Å². The van der Waals surface area contributed by atoms with E-state index in [-0.39, 0.29) is 6.10 Å². The van der Waals surface area contributed by atoms with Crippen LogP contribution in [0.4, 0.5) is 0 Å². The van der Waals surface area contributed by atoms with Crippen molar-refractivity contribution in [2.24, 2.45) is 0 Å². The van der Waals surface area contributed by atoms with Crippen molar-refractivity contribution in [3.63, 3.8) is 0 Å². The number of carbonyl (C=O) groups is 1. The van der Waals surface area contributed by atoms with Gasteiger partial charge in [-0.3, -0.25) is 4.79 Å². The van der Waals surface area contributed by atoms with Crippen LogP contribution in [0.25, 0.3) is 0 Å². The molecule has 1 heterocycles. The first-order chi connectivity index (χ1) is 6.83. The largest absolute Gasteiger partial charge is 0.344 e. The second kappa shape index (κ2) is 4.06. The lowest BCUT2D eigenvalue weighted by Gasteiger charge is -2.25. The van der Waals surface area contributed by atoms with Crippen LogP contribution in [0.3, 0.4) is 0 Å². The molecule has 0 bridgehead atoms. The zero-order valence-corrected chi connectivity index (χ0v) is 10.2. The summed E-state index contributed by atoms with van der Waals surface area (Å²) in [5.41, 5.74) is 0.181. The minimum absolute atomic E-state index is 0.00222. The fraction of sp³-hybridized carbons (Fsp3) is 0.750. The molecule has 0 aromatic rings. The molecule has 3 heteroatoms. The molecule has 0 saturated carbocycles. The average Bonchev–Trinajstić information content (AvgIpc) is 2.35. The smallest absolute Gasteiger partial charge is 0.164 e. The highest BCUT2D eigenvalue weighted by Gasteiger charge is 2.47. The van der Waals surface area contributed by atoms with E-state index in [1.165, 1.54) is 0 Å². The minimum atomic E-state index is -0.574. The van der Waals surface area contributed by atoms with E-state index >= 15 is 0 Å². The maximum Gasteiger partial charge on any atom is 0.164 e. The molecule has 1 saturated heterocycles. The Balaban J connectivity index is 2.96. The van der Waals surface area contributed by atoms with Crippen molar-refractivity contribution >= 4 is 6.29 Å². The first-order valence-electron chi connectivity index (χ1n) is 5.35. The molecule has 1 aliphatic heterocycles. The molecule has 15 heavy (non-hydrogen) atoms. The Morgan fingerprint density at radius 1 is 1.40 bits per heavy atom. The third kappa shape index (κ3) is 2.67. The quantitative estimate of drug-likeness (QED) is 0.532. The summed E-state index contributed by atoms with van der Waals surface area (Å²) in [6.45, 7) is 9.58.